The quantitative estimate of drug-likeness (QED) is 0.563. The molecule has 2 atom stereocenters. The monoisotopic (exact) mass is 463 g/mol. The van der Waals surface area contributed by atoms with Crippen LogP contribution in [0.5, 0.6) is 0 Å². The first kappa shape index (κ1) is 23.7. The molecule has 0 bridgehead atoms. The molecule has 3 aromatic rings. The molecule has 0 spiro atoms. The van der Waals surface area contributed by atoms with E-state index in [1.54, 1.807) is 22.8 Å². The standard InChI is InChI=1S/C25H33N7O2/c1-16-8-9-21(18-7-5-6-17(12-18)10-11-30(2)3)32(15-16)25(34)24(33)29-20-14-27-23(26)22-19(20)13-28-31(22)4/h5-7,12-14,16,21H,8-11,15H2,1-4H3,(H2,26,27)(H,29,33)/t16-,21+/m0/s1. The van der Waals surface area contributed by atoms with Crippen molar-refractivity contribution in [3.8, 4) is 0 Å². The number of carbonyl (C=O) groups is 2. The lowest BCUT2D eigenvalue weighted by Gasteiger charge is -2.38. The highest BCUT2D eigenvalue weighted by atomic mass is 16.2. The topological polar surface area (TPSA) is 109 Å². The summed E-state index contributed by atoms with van der Waals surface area (Å²) in [4.78, 5) is 34.5. The van der Waals surface area contributed by atoms with Crippen LogP contribution in [0.25, 0.3) is 10.9 Å². The van der Waals surface area contributed by atoms with Crippen molar-refractivity contribution in [1.82, 2.24) is 24.6 Å². The number of fused-ring (bicyclic) bond motifs is 1. The molecule has 180 valence electrons. The molecule has 9 heteroatoms. The van der Waals surface area contributed by atoms with Gasteiger partial charge in [-0.05, 0) is 50.4 Å². The van der Waals surface area contributed by atoms with Crippen molar-refractivity contribution in [3.63, 3.8) is 0 Å². The predicted molar refractivity (Wildman–Crippen MR) is 133 cm³/mol. The van der Waals surface area contributed by atoms with E-state index >= 15 is 0 Å². The average Bonchev–Trinajstić information content (AvgIpc) is 3.21. The van der Waals surface area contributed by atoms with E-state index in [1.165, 1.54) is 11.8 Å². The summed E-state index contributed by atoms with van der Waals surface area (Å²) in [6, 6.07) is 8.26. The van der Waals surface area contributed by atoms with Gasteiger partial charge < -0.3 is 20.9 Å². The lowest BCUT2D eigenvalue weighted by Crippen LogP contribution is -2.46. The Hall–Kier alpha value is -3.46. The number of rotatable bonds is 5. The maximum absolute atomic E-state index is 13.4. The molecule has 4 rings (SSSR count). The molecule has 2 amide bonds. The van der Waals surface area contributed by atoms with E-state index in [9.17, 15) is 9.59 Å². The van der Waals surface area contributed by atoms with Crippen LogP contribution in [0.15, 0.2) is 36.7 Å². The smallest absolute Gasteiger partial charge is 0.313 e. The fraction of sp³-hybridized carbons (Fsp3) is 0.440. The molecule has 3 heterocycles. The summed E-state index contributed by atoms with van der Waals surface area (Å²) in [5, 5.41) is 7.60. The molecule has 1 fully saturated rings. The molecular formula is C25H33N7O2. The minimum absolute atomic E-state index is 0.128. The van der Waals surface area contributed by atoms with Crippen LogP contribution in [-0.2, 0) is 23.1 Å². The maximum atomic E-state index is 13.4. The fourth-order valence-corrected chi connectivity index (χ4v) is 4.64. The molecule has 0 aliphatic carbocycles. The number of nitrogens with zero attached hydrogens (tertiary/aromatic N) is 5. The number of carbonyl (C=O) groups excluding carboxylic acids is 2. The van der Waals surface area contributed by atoms with Crippen molar-refractivity contribution in [2.24, 2.45) is 13.0 Å². The number of aryl methyl sites for hydroxylation is 1. The summed E-state index contributed by atoms with van der Waals surface area (Å²) in [5.74, 6) is -0.574. The fourth-order valence-electron chi connectivity index (χ4n) is 4.64. The highest BCUT2D eigenvalue weighted by Gasteiger charge is 2.34. The van der Waals surface area contributed by atoms with Crippen LogP contribution < -0.4 is 11.1 Å². The number of piperidine rings is 1. The zero-order valence-corrected chi connectivity index (χ0v) is 20.3. The highest BCUT2D eigenvalue weighted by Crippen LogP contribution is 2.34. The molecule has 1 aliphatic rings. The van der Waals surface area contributed by atoms with Crippen LogP contribution in [0.4, 0.5) is 11.5 Å². The Balaban J connectivity index is 1.56. The van der Waals surface area contributed by atoms with Crippen LogP contribution >= 0.6 is 0 Å². The van der Waals surface area contributed by atoms with Gasteiger partial charge in [0.15, 0.2) is 0 Å². The molecule has 0 unspecified atom stereocenters. The molecule has 1 saturated heterocycles. The number of benzene rings is 1. The normalized spacial score (nSPS) is 18.4. The van der Waals surface area contributed by atoms with Crippen LogP contribution in [0.2, 0.25) is 0 Å². The maximum Gasteiger partial charge on any atom is 0.313 e. The number of hydrogen-bond donors (Lipinski definition) is 2. The van der Waals surface area contributed by atoms with E-state index < -0.39 is 11.8 Å². The lowest BCUT2D eigenvalue weighted by molar-refractivity contribution is -0.146. The number of nitrogen functional groups attached to an aromatic ring is 1. The van der Waals surface area contributed by atoms with E-state index in [-0.39, 0.29) is 6.04 Å². The van der Waals surface area contributed by atoms with Crippen LogP contribution in [0.1, 0.15) is 36.9 Å². The molecule has 2 aromatic heterocycles. The van der Waals surface area contributed by atoms with Gasteiger partial charge in [0, 0.05) is 25.5 Å². The molecule has 0 saturated carbocycles. The van der Waals surface area contributed by atoms with Crippen molar-refractivity contribution in [1.29, 1.82) is 0 Å². The molecule has 0 radical (unpaired) electrons. The SMILES string of the molecule is C[C@H]1CC[C@H](c2cccc(CCN(C)C)c2)N(C(=O)C(=O)Nc2cnc(N)c3c2cnn3C)C1. The molecule has 9 nitrogen and oxygen atoms in total. The average molecular weight is 464 g/mol. The van der Waals surface area contributed by atoms with Crippen LogP contribution in [-0.4, -0.2) is 63.6 Å². The second-order valence-corrected chi connectivity index (χ2v) is 9.50. The van der Waals surface area contributed by atoms with Crippen molar-refractivity contribution in [2.45, 2.75) is 32.2 Å². The first-order valence-electron chi connectivity index (χ1n) is 11.7. The Morgan fingerprint density at radius 3 is 2.79 bits per heavy atom. The zero-order chi connectivity index (χ0) is 24.4. The van der Waals surface area contributed by atoms with E-state index in [2.05, 4.69) is 59.5 Å². The summed E-state index contributed by atoms with van der Waals surface area (Å²) >= 11 is 0. The number of nitrogens with two attached hydrogens (primary N) is 1. The summed E-state index contributed by atoms with van der Waals surface area (Å²) < 4.78 is 1.60. The van der Waals surface area contributed by atoms with Crippen molar-refractivity contribution >= 4 is 34.2 Å². The largest absolute Gasteiger partial charge is 0.382 e. The Labute approximate surface area is 199 Å². The van der Waals surface area contributed by atoms with Crippen molar-refractivity contribution < 1.29 is 9.59 Å². The minimum Gasteiger partial charge on any atom is -0.382 e. The third-order valence-corrected chi connectivity index (χ3v) is 6.51. The summed E-state index contributed by atoms with van der Waals surface area (Å²) in [6.07, 6.45) is 5.85. The van der Waals surface area contributed by atoms with E-state index in [1.807, 2.05) is 6.07 Å². The first-order valence-corrected chi connectivity index (χ1v) is 11.7. The van der Waals surface area contributed by atoms with Crippen LogP contribution in [0.3, 0.4) is 0 Å². The van der Waals surface area contributed by atoms with Gasteiger partial charge in [-0.2, -0.15) is 5.10 Å². The van der Waals surface area contributed by atoms with Gasteiger partial charge in [0.05, 0.1) is 24.1 Å². The third kappa shape index (κ3) is 4.89. The minimum atomic E-state index is -0.681. The number of hydrogen-bond acceptors (Lipinski definition) is 6. The van der Waals surface area contributed by atoms with E-state index in [0.717, 1.165) is 31.4 Å². The summed E-state index contributed by atoms with van der Waals surface area (Å²) in [6.45, 7) is 3.61. The number of amides is 2. The second kappa shape index (κ2) is 9.80. The molecular weight excluding hydrogens is 430 g/mol. The van der Waals surface area contributed by atoms with Gasteiger partial charge in [0.25, 0.3) is 0 Å². The van der Waals surface area contributed by atoms with E-state index in [0.29, 0.717) is 34.9 Å². The number of nitrogens with one attached hydrogen (secondary N) is 1. The van der Waals surface area contributed by atoms with Gasteiger partial charge in [-0.25, -0.2) is 4.98 Å². The number of pyridine rings is 1. The second-order valence-electron chi connectivity index (χ2n) is 9.50. The first-order chi connectivity index (χ1) is 16.2. The van der Waals surface area contributed by atoms with Crippen molar-refractivity contribution in [3.05, 3.63) is 47.8 Å². The van der Waals surface area contributed by atoms with Gasteiger partial charge in [0.1, 0.15) is 11.3 Å². The number of likely N-dealkylation sites (N-methyl/N-ethyl adjacent to an activating group) is 1. The lowest BCUT2D eigenvalue weighted by atomic mass is 9.89. The zero-order valence-electron chi connectivity index (χ0n) is 20.3. The number of anilines is 2. The van der Waals surface area contributed by atoms with Gasteiger partial charge in [-0.15, -0.1) is 0 Å². The third-order valence-electron chi connectivity index (χ3n) is 6.51. The Bertz CT molecular complexity index is 1200. The Morgan fingerprint density at radius 1 is 1.24 bits per heavy atom. The Morgan fingerprint density at radius 2 is 2.03 bits per heavy atom. The Kier molecular flexibility index (Phi) is 6.83. The van der Waals surface area contributed by atoms with Gasteiger partial charge in [0.2, 0.25) is 0 Å². The summed E-state index contributed by atoms with van der Waals surface area (Å²) in [7, 11) is 5.87. The van der Waals surface area contributed by atoms with Gasteiger partial charge in [-0.3, -0.25) is 14.3 Å². The predicted octanol–water partition coefficient (Wildman–Crippen LogP) is 2.59. The van der Waals surface area contributed by atoms with Crippen LogP contribution in [0, 0.1) is 5.92 Å². The molecule has 1 aliphatic heterocycles. The number of aromatic nitrogens is 3. The van der Waals surface area contributed by atoms with Gasteiger partial charge in [-0.1, -0.05) is 31.2 Å². The van der Waals surface area contributed by atoms with E-state index in [4.69, 9.17) is 5.73 Å². The molecule has 34 heavy (non-hydrogen) atoms. The van der Waals surface area contributed by atoms with Crippen molar-refractivity contribution in [2.75, 3.05) is 38.2 Å². The molecule has 3 N–H and O–H groups in total. The van der Waals surface area contributed by atoms with Gasteiger partial charge >= 0.3 is 11.8 Å². The highest BCUT2D eigenvalue weighted by molar-refractivity contribution is 6.40. The summed E-state index contributed by atoms with van der Waals surface area (Å²) in [5.41, 5.74) is 9.31. The number of likely N-dealkylation sites (tertiary alicyclic amines) is 1. The molecule has 1 aromatic carbocycles.